The molecular formula is C35H40N4O3. The largest absolute Gasteiger partial charge is 0.349 e. The van der Waals surface area contributed by atoms with Crippen LogP contribution in [0.1, 0.15) is 58.4 Å². The van der Waals surface area contributed by atoms with Crippen molar-refractivity contribution in [2.45, 2.75) is 46.5 Å². The molecule has 0 heterocycles. The first-order valence-corrected chi connectivity index (χ1v) is 14.1. The van der Waals surface area contributed by atoms with Crippen LogP contribution in [0.5, 0.6) is 0 Å². The maximum Gasteiger partial charge on any atom is 0.256 e. The Labute approximate surface area is 249 Å². The summed E-state index contributed by atoms with van der Waals surface area (Å²) in [5, 5.41) is 3.05. The number of aryl methyl sites for hydroxylation is 3. The van der Waals surface area contributed by atoms with Crippen LogP contribution in [-0.4, -0.2) is 55.2 Å². The smallest absolute Gasteiger partial charge is 0.256 e. The molecule has 42 heavy (non-hydrogen) atoms. The van der Waals surface area contributed by atoms with E-state index in [1.54, 1.807) is 38.2 Å². The van der Waals surface area contributed by atoms with Crippen LogP contribution < -0.4 is 5.32 Å². The van der Waals surface area contributed by atoms with Gasteiger partial charge in [-0.1, -0.05) is 49.4 Å². The zero-order valence-corrected chi connectivity index (χ0v) is 25.4. The molecule has 1 N–H and O–H groups in total. The number of carbonyl (C=O) groups excluding carboxylic acids is 3. The van der Waals surface area contributed by atoms with Crippen LogP contribution in [0, 0.1) is 6.92 Å². The van der Waals surface area contributed by atoms with E-state index in [0.717, 1.165) is 39.9 Å². The molecule has 0 atom stereocenters. The predicted octanol–water partition coefficient (Wildman–Crippen LogP) is 5.85. The van der Waals surface area contributed by atoms with Crippen molar-refractivity contribution in [1.82, 2.24) is 10.2 Å². The Morgan fingerprint density at radius 2 is 1.57 bits per heavy atom. The second-order valence-electron chi connectivity index (χ2n) is 10.4. The highest BCUT2D eigenvalue weighted by atomic mass is 16.2. The van der Waals surface area contributed by atoms with Crippen molar-refractivity contribution in [3.05, 3.63) is 112 Å². The van der Waals surface area contributed by atoms with E-state index in [4.69, 9.17) is 4.99 Å². The van der Waals surface area contributed by atoms with Crippen molar-refractivity contribution in [3.63, 3.8) is 0 Å². The van der Waals surface area contributed by atoms with E-state index in [0.29, 0.717) is 36.4 Å². The molecule has 0 aromatic heterocycles. The molecule has 0 spiro atoms. The number of likely N-dealkylation sites (N-methyl/N-ethyl adjacent to an activating group) is 1. The minimum absolute atomic E-state index is 0.0307. The molecule has 218 valence electrons. The summed E-state index contributed by atoms with van der Waals surface area (Å²) in [5.41, 5.74) is 6.91. The maximum atomic E-state index is 13.3. The van der Waals surface area contributed by atoms with E-state index in [1.165, 1.54) is 13.0 Å². The van der Waals surface area contributed by atoms with Gasteiger partial charge >= 0.3 is 0 Å². The Balaban J connectivity index is 1.89. The minimum atomic E-state index is -0.210. The average molecular weight is 565 g/mol. The number of ketones is 1. The lowest BCUT2D eigenvalue weighted by atomic mass is 10.0. The molecule has 0 aliphatic heterocycles. The van der Waals surface area contributed by atoms with Gasteiger partial charge in [-0.05, 0) is 90.9 Å². The van der Waals surface area contributed by atoms with E-state index in [1.807, 2.05) is 67.6 Å². The average Bonchev–Trinajstić information content (AvgIpc) is 2.97. The fourth-order valence-corrected chi connectivity index (χ4v) is 4.36. The normalized spacial score (nSPS) is 12.0. The minimum Gasteiger partial charge on any atom is -0.349 e. The number of benzene rings is 3. The topological polar surface area (TPSA) is 91.2 Å². The molecule has 0 saturated heterocycles. The van der Waals surface area contributed by atoms with E-state index in [-0.39, 0.29) is 17.6 Å². The highest BCUT2D eigenvalue weighted by Gasteiger charge is 2.13. The fourth-order valence-electron chi connectivity index (χ4n) is 4.36. The molecule has 2 amide bonds. The number of hydrogen-bond donors (Lipinski definition) is 1. The van der Waals surface area contributed by atoms with Gasteiger partial charge < -0.3 is 10.2 Å². The van der Waals surface area contributed by atoms with Crippen LogP contribution in [0.15, 0.2) is 88.9 Å². The van der Waals surface area contributed by atoms with Crippen LogP contribution in [0.25, 0.3) is 0 Å². The third-order valence-electron chi connectivity index (χ3n) is 6.82. The number of allylic oxidation sites excluding steroid dienone is 2. The summed E-state index contributed by atoms with van der Waals surface area (Å²) < 4.78 is 0. The van der Waals surface area contributed by atoms with Crippen molar-refractivity contribution in [2.24, 2.45) is 9.98 Å². The third-order valence-corrected chi connectivity index (χ3v) is 6.82. The van der Waals surface area contributed by atoms with Crippen LogP contribution in [-0.2, 0) is 28.9 Å². The summed E-state index contributed by atoms with van der Waals surface area (Å²) in [5.74, 6) is 0.330. The number of amidine groups is 1. The molecule has 0 bridgehead atoms. The van der Waals surface area contributed by atoms with Gasteiger partial charge in [-0.15, -0.1) is 0 Å². The molecule has 0 unspecified atom stereocenters. The molecule has 0 aliphatic rings. The highest BCUT2D eigenvalue weighted by molar-refractivity contribution is 6.11. The number of hydrogen-bond acceptors (Lipinski definition) is 5. The monoisotopic (exact) mass is 564 g/mol. The van der Waals surface area contributed by atoms with Crippen molar-refractivity contribution in [2.75, 3.05) is 21.1 Å². The van der Waals surface area contributed by atoms with Gasteiger partial charge in [0.25, 0.3) is 5.91 Å². The van der Waals surface area contributed by atoms with Crippen molar-refractivity contribution >= 4 is 34.8 Å². The summed E-state index contributed by atoms with van der Waals surface area (Å²) in [6.45, 7) is 5.52. The van der Waals surface area contributed by atoms with Crippen molar-refractivity contribution in [3.8, 4) is 0 Å². The number of aliphatic imine (C=N–C) groups is 2. The van der Waals surface area contributed by atoms with Gasteiger partial charge in [0.2, 0.25) is 5.91 Å². The maximum absolute atomic E-state index is 13.3. The molecule has 0 fully saturated rings. The third kappa shape index (κ3) is 9.47. The van der Waals surface area contributed by atoms with Gasteiger partial charge in [0.1, 0.15) is 5.84 Å². The van der Waals surface area contributed by atoms with Gasteiger partial charge in [0.15, 0.2) is 5.78 Å². The van der Waals surface area contributed by atoms with Crippen molar-refractivity contribution < 1.29 is 14.4 Å². The Morgan fingerprint density at radius 3 is 2.21 bits per heavy atom. The summed E-state index contributed by atoms with van der Waals surface area (Å²) >= 11 is 0. The Kier molecular flexibility index (Phi) is 11.7. The zero-order valence-electron chi connectivity index (χ0n) is 25.4. The summed E-state index contributed by atoms with van der Waals surface area (Å²) in [7, 11) is 5.19. The Morgan fingerprint density at radius 1 is 0.881 bits per heavy atom. The summed E-state index contributed by atoms with van der Waals surface area (Å²) in [4.78, 5) is 47.7. The van der Waals surface area contributed by atoms with Gasteiger partial charge in [0, 0.05) is 33.1 Å². The molecule has 3 aromatic carbocycles. The molecule has 3 rings (SSSR count). The molecular weight excluding hydrogens is 524 g/mol. The second kappa shape index (κ2) is 15.4. The number of nitrogens with one attached hydrogen (secondary N) is 1. The number of rotatable bonds is 11. The van der Waals surface area contributed by atoms with Crippen LogP contribution in [0.2, 0.25) is 0 Å². The lowest BCUT2D eigenvalue weighted by molar-refractivity contribution is -0.128. The first-order valence-electron chi connectivity index (χ1n) is 14.1. The van der Waals surface area contributed by atoms with E-state index in [9.17, 15) is 14.4 Å². The lowest BCUT2D eigenvalue weighted by Crippen LogP contribution is -2.31. The SMILES string of the molecule is CCc1cccc(C(=O)NC(CCc2cccc(C(/C=C\C(C)=O)=NC)c2)=Nc2ccc(CC(=O)N(C)C)cc2C)c1. The van der Waals surface area contributed by atoms with Gasteiger partial charge in [0.05, 0.1) is 17.8 Å². The fraction of sp³-hybridized carbons (Fsp3) is 0.286. The van der Waals surface area contributed by atoms with E-state index < -0.39 is 0 Å². The molecule has 0 saturated carbocycles. The van der Waals surface area contributed by atoms with Gasteiger partial charge in [-0.3, -0.25) is 19.4 Å². The zero-order chi connectivity index (χ0) is 30.6. The molecule has 7 heteroatoms. The van der Waals surface area contributed by atoms with Crippen molar-refractivity contribution in [1.29, 1.82) is 0 Å². The highest BCUT2D eigenvalue weighted by Crippen LogP contribution is 2.22. The number of carbonyl (C=O) groups is 3. The van der Waals surface area contributed by atoms with E-state index in [2.05, 4.69) is 17.2 Å². The first kappa shape index (κ1) is 31.9. The molecule has 7 nitrogen and oxygen atoms in total. The van der Waals surface area contributed by atoms with Gasteiger partial charge in [-0.2, -0.15) is 0 Å². The number of amides is 2. The quantitative estimate of drug-likeness (QED) is 0.180. The van der Waals surface area contributed by atoms with Gasteiger partial charge in [-0.25, -0.2) is 4.99 Å². The predicted molar refractivity (Wildman–Crippen MR) is 171 cm³/mol. The Bertz CT molecular complexity index is 1530. The summed E-state index contributed by atoms with van der Waals surface area (Å²) in [6.07, 6.45) is 5.50. The molecule has 0 radical (unpaired) electrons. The standard InChI is InChI=1S/C35H40N4O3/c1-7-26-10-8-13-30(21-26)35(42)38-33(37-31-18-15-28(20-24(31)2)23-34(41)39(5)6)19-16-27-11-9-12-29(22-27)32(36-4)17-14-25(3)40/h8-15,17-18,20-22H,7,16,19,23H2,1-6H3,(H,37,38,42)/b17-14-,36-32?. The number of nitrogens with zero attached hydrogens (tertiary/aromatic N) is 3. The van der Waals surface area contributed by atoms with Crippen LogP contribution in [0.3, 0.4) is 0 Å². The summed E-state index contributed by atoms with van der Waals surface area (Å²) in [6, 6.07) is 21.3. The first-order chi connectivity index (χ1) is 20.1. The van der Waals surface area contributed by atoms with Crippen LogP contribution in [0.4, 0.5) is 5.69 Å². The lowest BCUT2D eigenvalue weighted by Gasteiger charge is -2.13. The molecule has 0 aliphatic carbocycles. The van der Waals surface area contributed by atoms with Crippen LogP contribution >= 0.6 is 0 Å². The molecule has 3 aromatic rings. The van der Waals surface area contributed by atoms with E-state index >= 15 is 0 Å². The second-order valence-corrected chi connectivity index (χ2v) is 10.4. The Hall–Kier alpha value is -4.65.